The molecule has 0 saturated heterocycles. The van der Waals surface area contributed by atoms with Crippen molar-refractivity contribution in [3.63, 3.8) is 0 Å². The van der Waals surface area contributed by atoms with E-state index in [4.69, 9.17) is 14.2 Å². The Labute approximate surface area is 169 Å². The molecule has 0 radical (unpaired) electrons. The van der Waals surface area contributed by atoms with Crippen LogP contribution in [-0.4, -0.2) is 56.7 Å². The number of rotatable bonds is 9. The van der Waals surface area contributed by atoms with Gasteiger partial charge in [0.25, 0.3) is 11.8 Å². The molecule has 0 aromatic heterocycles. The molecular weight excluding hydrogens is 380 g/mol. The minimum Gasteiger partial charge on any atom is -0.482 e. The first-order chi connectivity index (χ1) is 13.9. The van der Waals surface area contributed by atoms with Crippen LogP contribution in [0.3, 0.4) is 0 Å². The number of hydrogen-bond donors (Lipinski definition) is 1. The molecule has 158 valence electrons. The van der Waals surface area contributed by atoms with Gasteiger partial charge in [-0.2, -0.15) is 0 Å². The molecule has 1 aliphatic rings. The fourth-order valence-electron chi connectivity index (χ4n) is 2.83. The second-order valence-corrected chi connectivity index (χ2v) is 6.67. The molecule has 0 spiro atoms. The SMILES string of the molecule is CC[C@H](C)[C@@H](NC(=O)COC(=O)CCN1C(=O)COc2ccccc21)C(=O)OC. The largest absolute Gasteiger partial charge is 0.482 e. The first-order valence-electron chi connectivity index (χ1n) is 9.42. The summed E-state index contributed by atoms with van der Waals surface area (Å²) >= 11 is 0. The van der Waals surface area contributed by atoms with Gasteiger partial charge in [0.15, 0.2) is 13.2 Å². The molecule has 0 unspecified atom stereocenters. The van der Waals surface area contributed by atoms with Gasteiger partial charge in [-0.15, -0.1) is 0 Å². The summed E-state index contributed by atoms with van der Waals surface area (Å²) in [6.45, 7) is 3.19. The molecule has 2 rings (SSSR count). The Kier molecular flexibility index (Phi) is 7.99. The zero-order chi connectivity index (χ0) is 21.4. The van der Waals surface area contributed by atoms with Crippen molar-refractivity contribution in [2.24, 2.45) is 5.92 Å². The van der Waals surface area contributed by atoms with Crippen molar-refractivity contribution >= 4 is 29.4 Å². The molecule has 2 amide bonds. The normalized spacial score (nSPS) is 14.9. The molecule has 1 aromatic carbocycles. The van der Waals surface area contributed by atoms with E-state index in [1.165, 1.54) is 12.0 Å². The van der Waals surface area contributed by atoms with Gasteiger partial charge < -0.3 is 24.4 Å². The maximum Gasteiger partial charge on any atom is 0.328 e. The van der Waals surface area contributed by atoms with Crippen LogP contribution in [-0.2, 0) is 28.7 Å². The minimum absolute atomic E-state index is 0.0842. The molecule has 9 heteroatoms. The Morgan fingerprint density at radius 3 is 2.69 bits per heavy atom. The average Bonchev–Trinajstić information content (AvgIpc) is 2.74. The number of carbonyl (C=O) groups excluding carboxylic acids is 4. The predicted octanol–water partition coefficient (Wildman–Crippen LogP) is 1.05. The lowest BCUT2D eigenvalue weighted by Gasteiger charge is -2.29. The van der Waals surface area contributed by atoms with Crippen LogP contribution in [0.4, 0.5) is 5.69 Å². The summed E-state index contributed by atoms with van der Waals surface area (Å²) in [6, 6.07) is 6.23. The van der Waals surface area contributed by atoms with E-state index < -0.39 is 30.5 Å². The number of anilines is 1. The second kappa shape index (κ2) is 10.4. The summed E-state index contributed by atoms with van der Waals surface area (Å²) in [5.41, 5.74) is 0.587. The molecular formula is C20H26N2O7. The number of para-hydroxylation sites is 2. The molecule has 1 heterocycles. The Morgan fingerprint density at radius 1 is 1.28 bits per heavy atom. The number of ether oxygens (including phenoxy) is 3. The first kappa shape index (κ1) is 22.2. The number of hydrogen-bond acceptors (Lipinski definition) is 7. The zero-order valence-electron chi connectivity index (χ0n) is 16.8. The Morgan fingerprint density at radius 2 is 2.00 bits per heavy atom. The highest BCUT2D eigenvalue weighted by atomic mass is 16.5. The molecule has 0 bridgehead atoms. The molecule has 2 atom stereocenters. The van der Waals surface area contributed by atoms with Gasteiger partial charge >= 0.3 is 11.9 Å². The number of nitrogens with zero attached hydrogens (tertiary/aromatic N) is 1. The topological polar surface area (TPSA) is 111 Å². The van der Waals surface area contributed by atoms with E-state index in [9.17, 15) is 19.2 Å². The van der Waals surface area contributed by atoms with E-state index in [1.54, 1.807) is 24.3 Å². The Bertz CT molecular complexity index is 765. The monoisotopic (exact) mass is 406 g/mol. The summed E-state index contributed by atoms with van der Waals surface area (Å²) in [5, 5.41) is 2.53. The van der Waals surface area contributed by atoms with Crippen molar-refractivity contribution in [1.29, 1.82) is 0 Å². The van der Waals surface area contributed by atoms with Gasteiger partial charge in [-0.1, -0.05) is 32.4 Å². The van der Waals surface area contributed by atoms with Crippen LogP contribution in [0.5, 0.6) is 5.75 Å². The lowest BCUT2D eigenvalue weighted by molar-refractivity contribution is -0.150. The summed E-state index contributed by atoms with van der Waals surface area (Å²) < 4.78 is 15.0. The van der Waals surface area contributed by atoms with Gasteiger partial charge in [-0.3, -0.25) is 14.4 Å². The molecule has 1 aliphatic heterocycles. The van der Waals surface area contributed by atoms with Crippen molar-refractivity contribution in [2.75, 3.05) is 31.8 Å². The van der Waals surface area contributed by atoms with Gasteiger partial charge in [0.05, 0.1) is 19.2 Å². The van der Waals surface area contributed by atoms with Crippen molar-refractivity contribution < 1.29 is 33.4 Å². The molecule has 0 aliphatic carbocycles. The first-order valence-corrected chi connectivity index (χ1v) is 9.42. The van der Waals surface area contributed by atoms with Crippen LogP contribution in [0, 0.1) is 5.92 Å². The molecule has 29 heavy (non-hydrogen) atoms. The molecule has 1 N–H and O–H groups in total. The molecule has 0 fully saturated rings. The van der Waals surface area contributed by atoms with Crippen LogP contribution in [0.2, 0.25) is 0 Å². The summed E-state index contributed by atoms with van der Waals surface area (Å²) in [4.78, 5) is 49.4. The van der Waals surface area contributed by atoms with E-state index >= 15 is 0 Å². The highest BCUT2D eigenvalue weighted by Gasteiger charge is 2.28. The van der Waals surface area contributed by atoms with Crippen molar-refractivity contribution in [3.8, 4) is 5.75 Å². The average molecular weight is 406 g/mol. The third kappa shape index (κ3) is 5.94. The lowest BCUT2D eigenvalue weighted by atomic mass is 9.99. The quantitative estimate of drug-likeness (QED) is 0.610. The number of nitrogens with one attached hydrogen (secondary N) is 1. The summed E-state index contributed by atoms with van der Waals surface area (Å²) in [5.74, 6) is -1.60. The summed E-state index contributed by atoms with van der Waals surface area (Å²) in [6.07, 6.45) is 0.577. The number of amides is 2. The third-order valence-electron chi connectivity index (χ3n) is 4.70. The van der Waals surface area contributed by atoms with Crippen molar-refractivity contribution in [2.45, 2.75) is 32.7 Å². The number of carbonyl (C=O) groups is 4. The van der Waals surface area contributed by atoms with E-state index in [0.717, 1.165) is 0 Å². The van der Waals surface area contributed by atoms with Crippen LogP contribution < -0.4 is 15.0 Å². The van der Waals surface area contributed by atoms with Crippen LogP contribution >= 0.6 is 0 Å². The van der Waals surface area contributed by atoms with E-state index in [2.05, 4.69) is 5.32 Å². The van der Waals surface area contributed by atoms with Gasteiger partial charge in [-0.25, -0.2) is 4.79 Å². The molecule has 9 nitrogen and oxygen atoms in total. The third-order valence-corrected chi connectivity index (χ3v) is 4.70. The number of fused-ring (bicyclic) bond motifs is 1. The standard InChI is InChI=1S/C20H26N2O7/c1-4-13(2)19(20(26)27-3)21-16(23)11-29-18(25)9-10-22-14-7-5-6-8-15(14)28-12-17(22)24/h5-8,13,19H,4,9-12H2,1-3H3,(H,21,23)/t13-,19+/m0/s1. The van der Waals surface area contributed by atoms with Gasteiger partial charge in [-0.05, 0) is 18.1 Å². The molecule has 1 aromatic rings. The number of benzene rings is 1. The van der Waals surface area contributed by atoms with Crippen LogP contribution in [0.15, 0.2) is 24.3 Å². The van der Waals surface area contributed by atoms with Gasteiger partial charge in [0.2, 0.25) is 0 Å². The lowest BCUT2D eigenvalue weighted by Crippen LogP contribution is -2.47. The van der Waals surface area contributed by atoms with E-state index in [1.807, 2.05) is 13.8 Å². The van der Waals surface area contributed by atoms with Gasteiger partial charge in [0, 0.05) is 6.54 Å². The number of methoxy groups -OCH3 is 1. The highest BCUT2D eigenvalue weighted by Crippen LogP contribution is 2.31. The highest BCUT2D eigenvalue weighted by molar-refractivity contribution is 5.98. The molecule has 0 saturated carbocycles. The number of esters is 2. The smallest absolute Gasteiger partial charge is 0.328 e. The minimum atomic E-state index is -0.807. The van der Waals surface area contributed by atoms with E-state index in [0.29, 0.717) is 17.9 Å². The van der Waals surface area contributed by atoms with Crippen LogP contribution in [0.25, 0.3) is 0 Å². The maximum atomic E-state index is 12.1. The predicted molar refractivity (Wildman–Crippen MR) is 103 cm³/mol. The van der Waals surface area contributed by atoms with Crippen LogP contribution in [0.1, 0.15) is 26.7 Å². The fourth-order valence-corrected chi connectivity index (χ4v) is 2.83. The maximum absolute atomic E-state index is 12.1. The Hall–Kier alpha value is -3.10. The van der Waals surface area contributed by atoms with Crippen molar-refractivity contribution in [1.82, 2.24) is 5.32 Å². The summed E-state index contributed by atoms with van der Waals surface area (Å²) in [7, 11) is 1.25. The second-order valence-electron chi connectivity index (χ2n) is 6.67. The Balaban J connectivity index is 1.83. The van der Waals surface area contributed by atoms with Crippen molar-refractivity contribution in [3.05, 3.63) is 24.3 Å². The zero-order valence-corrected chi connectivity index (χ0v) is 16.8. The fraction of sp³-hybridized carbons (Fsp3) is 0.500. The van der Waals surface area contributed by atoms with Gasteiger partial charge in [0.1, 0.15) is 11.8 Å². The van der Waals surface area contributed by atoms with E-state index in [-0.39, 0.29) is 31.4 Å².